The first-order valence-electron chi connectivity index (χ1n) is 4.84. The summed E-state index contributed by atoms with van der Waals surface area (Å²) in [6.07, 6.45) is 6.59. The lowest BCUT2D eigenvalue weighted by molar-refractivity contribution is -0.143. The van der Waals surface area contributed by atoms with Gasteiger partial charge < -0.3 is 5.11 Å². The number of hydrogen-bond donors (Lipinski definition) is 1. The fourth-order valence-corrected chi connectivity index (χ4v) is 2.03. The van der Waals surface area contributed by atoms with Gasteiger partial charge in [-0.2, -0.15) is 5.10 Å². The molecule has 2 rings (SSSR count). The van der Waals surface area contributed by atoms with Crippen molar-refractivity contribution in [1.82, 2.24) is 14.8 Å². The summed E-state index contributed by atoms with van der Waals surface area (Å²) in [5.41, 5.74) is 0. The molecule has 1 aromatic heterocycles. The molecule has 1 N–H and O–H groups in total. The molecule has 1 aromatic rings. The van der Waals surface area contributed by atoms with E-state index in [1.807, 2.05) is 0 Å². The van der Waals surface area contributed by atoms with Crippen LogP contribution >= 0.6 is 0 Å². The predicted octanol–water partition coefficient (Wildman–Crippen LogP) is 1.09. The Morgan fingerprint density at radius 1 is 1.50 bits per heavy atom. The van der Waals surface area contributed by atoms with Crippen molar-refractivity contribution < 1.29 is 9.90 Å². The van der Waals surface area contributed by atoms with Crippen LogP contribution in [0.3, 0.4) is 0 Å². The van der Waals surface area contributed by atoms with Gasteiger partial charge in [0.2, 0.25) is 0 Å². The number of carboxylic acid groups (broad SMARTS) is 1. The lowest BCUT2D eigenvalue weighted by atomic mass is 9.86. The molecule has 0 bridgehead atoms. The number of carboxylic acids is 1. The van der Waals surface area contributed by atoms with E-state index in [4.69, 9.17) is 5.11 Å². The highest BCUT2D eigenvalue weighted by Crippen LogP contribution is 2.31. The summed E-state index contributed by atoms with van der Waals surface area (Å²) in [6, 6.07) is 0.215. The Hall–Kier alpha value is -1.39. The Morgan fingerprint density at radius 3 is 3.00 bits per heavy atom. The average molecular weight is 195 g/mol. The van der Waals surface area contributed by atoms with E-state index in [0.29, 0.717) is 6.42 Å². The third-order valence-corrected chi connectivity index (χ3v) is 2.81. The molecule has 1 aliphatic carbocycles. The minimum Gasteiger partial charge on any atom is -0.481 e. The predicted molar refractivity (Wildman–Crippen MR) is 48.7 cm³/mol. The summed E-state index contributed by atoms with van der Waals surface area (Å²) in [5.74, 6) is -0.896. The van der Waals surface area contributed by atoms with E-state index in [0.717, 1.165) is 19.3 Å². The Kier molecular flexibility index (Phi) is 2.47. The van der Waals surface area contributed by atoms with Gasteiger partial charge in [0.05, 0.1) is 12.0 Å². The highest BCUT2D eigenvalue weighted by Gasteiger charge is 2.28. The molecule has 0 spiro atoms. The number of nitrogens with zero attached hydrogens (tertiary/aromatic N) is 3. The number of rotatable bonds is 2. The first-order valence-corrected chi connectivity index (χ1v) is 4.84. The van der Waals surface area contributed by atoms with Gasteiger partial charge in [0.15, 0.2) is 0 Å². The minimum atomic E-state index is -0.685. The molecule has 1 aliphatic rings. The summed E-state index contributed by atoms with van der Waals surface area (Å²) in [6.45, 7) is 0. The van der Waals surface area contributed by atoms with E-state index in [1.54, 1.807) is 11.0 Å². The van der Waals surface area contributed by atoms with E-state index < -0.39 is 5.97 Å². The zero-order valence-corrected chi connectivity index (χ0v) is 7.83. The molecule has 2 atom stereocenters. The maximum absolute atomic E-state index is 10.8. The molecule has 0 amide bonds. The molecule has 1 heterocycles. The van der Waals surface area contributed by atoms with Gasteiger partial charge in [-0.15, -0.1) is 0 Å². The Bertz CT molecular complexity index is 310. The van der Waals surface area contributed by atoms with E-state index in [9.17, 15) is 4.79 Å². The number of aromatic nitrogens is 3. The molecule has 1 fully saturated rings. The maximum atomic E-state index is 10.8. The zero-order valence-electron chi connectivity index (χ0n) is 7.83. The normalized spacial score (nSPS) is 27.4. The van der Waals surface area contributed by atoms with E-state index in [2.05, 4.69) is 10.1 Å². The second-order valence-electron chi connectivity index (χ2n) is 3.73. The Balaban J connectivity index is 2.04. The molecule has 0 aromatic carbocycles. The molecule has 2 unspecified atom stereocenters. The molecular formula is C9H13N3O2. The second-order valence-corrected chi connectivity index (χ2v) is 3.73. The van der Waals surface area contributed by atoms with Crippen LogP contribution in [0.15, 0.2) is 12.7 Å². The molecule has 14 heavy (non-hydrogen) atoms. The molecule has 76 valence electrons. The molecule has 0 aliphatic heterocycles. The maximum Gasteiger partial charge on any atom is 0.306 e. The van der Waals surface area contributed by atoms with Crippen molar-refractivity contribution in [2.24, 2.45) is 5.92 Å². The highest BCUT2D eigenvalue weighted by atomic mass is 16.4. The topological polar surface area (TPSA) is 68.0 Å². The van der Waals surface area contributed by atoms with Crippen molar-refractivity contribution in [2.75, 3.05) is 0 Å². The minimum absolute atomic E-state index is 0.210. The summed E-state index contributed by atoms with van der Waals surface area (Å²) < 4.78 is 1.77. The monoisotopic (exact) mass is 195 g/mol. The van der Waals surface area contributed by atoms with Crippen molar-refractivity contribution in [1.29, 1.82) is 0 Å². The smallest absolute Gasteiger partial charge is 0.306 e. The standard InChI is InChI=1S/C9H13N3O2/c13-9(14)7-2-1-3-8(4-7)12-6-10-5-11-12/h5-8H,1-4H2,(H,13,14). The fraction of sp³-hybridized carbons (Fsp3) is 0.667. The lowest BCUT2D eigenvalue weighted by Crippen LogP contribution is -2.24. The van der Waals surface area contributed by atoms with Crippen LogP contribution in [0.4, 0.5) is 0 Å². The number of hydrogen-bond acceptors (Lipinski definition) is 3. The van der Waals surface area contributed by atoms with Crippen molar-refractivity contribution in [3.63, 3.8) is 0 Å². The van der Waals surface area contributed by atoms with Crippen LogP contribution in [-0.2, 0) is 4.79 Å². The van der Waals surface area contributed by atoms with Crippen LogP contribution in [0.25, 0.3) is 0 Å². The Labute approximate surface area is 81.8 Å². The lowest BCUT2D eigenvalue weighted by Gasteiger charge is -2.26. The van der Waals surface area contributed by atoms with Gasteiger partial charge in [0.25, 0.3) is 0 Å². The molecule has 5 heteroatoms. The summed E-state index contributed by atoms with van der Waals surface area (Å²) >= 11 is 0. The Morgan fingerprint density at radius 2 is 2.36 bits per heavy atom. The van der Waals surface area contributed by atoms with Gasteiger partial charge in [0.1, 0.15) is 12.7 Å². The van der Waals surface area contributed by atoms with Crippen LogP contribution in [0.1, 0.15) is 31.7 Å². The van der Waals surface area contributed by atoms with E-state index in [1.165, 1.54) is 6.33 Å². The van der Waals surface area contributed by atoms with Gasteiger partial charge in [-0.1, -0.05) is 6.42 Å². The van der Waals surface area contributed by atoms with Gasteiger partial charge in [0, 0.05) is 0 Å². The average Bonchev–Trinajstić information content (AvgIpc) is 2.71. The van der Waals surface area contributed by atoms with E-state index in [-0.39, 0.29) is 12.0 Å². The fourth-order valence-electron chi connectivity index (χ4n) is 2.03. The molecular weight excluding hydrogens is 182 g/mol. The summed E-state index contributed by atoms with van der Waals surface area (Å²) in [7, 11) is 0. The molecule has 1 saturated carbocycles. The van der Waals surface area contributed by atoms with Crippen molar-refractivity contribution in [2.45, 2.75) is 31.7 Å². The number of carbonyl (C=O) groups is 1. The van der Waals surface area contributed by atoms with Crippen LogP contribution in [0.2, 0.25) is 0 Å². The van der Waals surface area contributed by atoms with Crippen LogP contribution in [0.5, 0.6) is 0 Å². The van der Waals surface area contributed by atoms with Gasteiger partial charge in [-0.3, -0.25) is 4.79 Å². The third-order valence-electron chi connectivity index (χ3n) is 2.81. The van der Waals surface area contributed by atoms with Gasteiger partial charge in [-0.05, 0) is 19.3 Å². The first kappa shape index (κ1) is 9.18. The second kappa shape index (κ2) is 3.77. The largest absolute Gasteiger partial charge is 0.481 e. The quantitative estimate of drug-likeness (QED) is 0.767. The summed E-state index contributed by atoms with van der Waals surface area (Å²) in [5, 5.41) is 13.0. The number of aliphatic carboxylic acids is 1. The summed E-state index contributed by atoms with van der Waals surface area (Å²) in [4.78, 5) is 14.7. The van der Waals surface area contributed by atoms with Gasteiger partial charge in [-0.25, -0.2) is 9.67 Å². The first-order chi connectivity index (χ1) is 6.77. The SMILES string of the molecule is O=C(O)C1CCCC(n2cncn2)C1. The van der Waals surface area contributed by atoms with Crippen molar-refractivity contribution >= 4 is 5.97 Å². The van der Waals surface area contributed by atoms with Crippen LogP contribution in [-0.4, -0.2) is 25.8 Å². The molecule has 0 saturated heterocycles. The third kappa shape index (κ3) is 1.76. The van der Waals surface area contributed by atoms with E-state index >= 15 is 0 Å². The zero-order chi connectivity index (χ0) is 9.97. The van der Waals surface area contributed by atoms with Crippen LogP contribution < -0.4 is 0 Å². The molecule has 0 radical (unpaired) electrons. The van der Waals surface area contributed by atoms with Crippen molar-refractivity contribution in [3.8, 4) is 0 Å². The highest BCUT2D eigenvalue weighted by molar-refractivity contribution is 5.70. The molecule has 5 nitrogen and oxygen atoms in total. The van der Waals surface area contributed by atoms with Crippen molar-refractivity contribution in [3.05, 3.63) is 12.7 Å². The van der Waals surface area contributed by atoms with Crippen LogP contribution in [0, 0.1) is 5.92 Å². The van der Waals surface area contributed by atoms with Gasteiger partial charge >= 0.3 is 5.97 Å².